The van der Waals surface area contributed by atoms with Crippen LogP contribution < -0.4 is 5.32 Å². The van der Waals surface area contributed by atoms with Gasteiger partial charge in [0.05, 0.1) is 0 Å². The summed E-state index contributed by atoms with van der Waals surface area (Å²) in [5, 5.41) is 13.0. The molecule has 3 nitrogen and oxygen atoms in total. The SMILES string of the molecule is CC=CC=CC=CC=CCCC=CC=CC(=O)NC(O)C(CCC)CCCCC. The van der Waals surface area contributed by atoms with Crippen molar-refractivity contribution in [1.29, 1.82) is 0 Å². The van der Waals surface area contributed by atoms with E-state index in [4.69, 9.17) is 0 Å². The summed E-state index contributed by atoms with van der Waals surface area (Å²) >= 11 is 0. The summed E-state index contributed by atoms with van der Waals surface area (Å²) in [4.78, 5) is 12.0. The van der Waals surface area contributed by atoms with Crippen molar-refractivity contribution in [1.82, 2.24) is 5.32 Å². The maximum Gasteiger partial charge on any atom is 0.245 e. The zero-order valence-corrected chi connectivity index (χ0v) is 18.6. The predicted molar refractivity (Wildman–Crippen MR) is 126 cm³/mol. The van der Waals surface area contributed by atoms with Gasteiger partial charge in [0.25, 0.3) is 0 Å². The third-order valence-corrected chi connectivity index (χ3v) is 4.45. The Morgan fingerprint density at radius 2 is 1.45 bits per heavy atom. The number of carbonyl (C=O) groups excluding carboxylic acids is 1. The van der Waals surface area contributed by atoms with Gasteiger partial charge in [-0.15, -0.1) is 0 Å². The Labute approximate surface area is 178 Å². The molecule has 0 aliphatic carbocycles. The zero-order chi connectivity index (χ0) is 21.6. The van der Waals surface area contributed by atoms with Gasteiger partial charge in [-0.2, -0.15) is 0 Å². The molecule has 0 aliphatic rings. The monoisotopic (exact) mass is 399 g/mol. The fourth-order valence-electron chi connectivity index (χ4n) is 2.85. The van der Waals surface area contributed by atoms with E-state index in [1.54, 1.807) is 6.08 Å². The number of aliphatic hydroxyl groups excluding tert-OH is 1. The van der Waals surface area contributed by atoms with Gasteiger partial charge in [0.15, 0.2) is 0 Å². The first-order chi connectivity index (χ1) is 14.2. The number of unbranched alkanes of at least 4 members (excludes halogenated alkanes) is 3. The van der Waals surface area contributed by atoms with Gasteiger partial charge >= 0.3 is 0 Å². The van der Waals surface area contributed by atoms with Crippen LogP contribution in [0.15, 0.2) is 72.9 Å². The minimum absolute atomic E-state index is 0.138. The van der Waals surface area contributed by atoms with E-state index in [1.807, 2.05) is 61.6 Å². The maximum atomic E-state index is 12.0. The second kappa shape index (κ2) is 20.6. The van der Waals surface area contributed by atoms with Gasteiger partial charge < -0.3 is 10.4 Å². The van der Waals surface area contributed by atoms with E-state index >= 15 is 0 Å². The van der Waals surface area contributed by atoms with Crippen molar-refractivity contribution in [2.75, 3.05) is 0 Å². The van der Waals surface area contributed by atoms with E-state index in [9.17, 15) is 9.90 Å². The molecule has 0 spiro atoms. The molecule has 2 unspecified atom stereocenters. The Kier molecular flexibility index (Phi) is 19.1. The van der Waals surface area contributed by atoms with Crippen LogP contribution in [-0.2, 0) is 4.79 Å². The standard InChI is InChI=1S/C26H41NO2/c1-4-7-9-10-11-12-13-14-15-16-17-18-20-23-25(28)27-26(29)24(21-6-3)22-19-8-5-2/h4,7,9-14,17-18,20,23-24,26,29H,5-6,8,15-16,19,21-22H2,1-3H3,(H,27,28). The lowest BCUT2D eigenvalue weighted by Gasteiger charge is -2.23. The third kappa shape index (κ3) is 17.7. The number of hydrogen-bond acceptors (Lipinski definition) is 2. The summed E-state index contributed by atoms with van der Waals surface area (Å²) in [5.74, 6) is -0.103. The van der Waals surface area contributed by atoms with Gasteiger partial charge in [-0.25, -0.2) is 0 Å². The largest absolute Gasteiger partial charge is 0.373 e. The first-order valence-electron chi connectivity index (χ1n) is 11.1. The summed E-state index contributed by atoms with van der Waals surface area (Å²) in [5.41, 5.74) is 0. The molecule has 1 amide bonds. The molecule has 0 aromatic rings. The lowest BCUT2D eigenvalue weighted by molar-refractivity contribution is -0.120. The van der Waals surface area contributed by atoms with Crippen molar-refractivity contribution in [3.05, 3.63) is 72.9 Å². The van der Waals surface area contributed by atoms with Gasteiger partial charge in [-0.1, -0.05) is 106 Å². The van der Waals surface area contributed by atoms with E-state index in [1.165, 1.54) is 12.5 Å². The first-order valence-corrected chi connectivity index (χ1v) is 11.1. The predicted octanol–water partition coefficient (Wildman–Crippen LogP) is 6.55. The maximum absolute atomic E-state index is 12.0. The van der Waals surface area contributed by atoms with Gasteiger partial charge in [0.1, 0.15) is 6.23 Å². The Bertz CT molecular complexity index is 567. The molecule has 0 saturated heterocycles. The molecule has 0 aromatic heterocycles. The summed E-state index contributed by atoms with van der Waals surface area (Å²) in [6.45, 7) is 6.27. The molecule has 0 fully saturated rings. The fourth-order valence-corrected chi connectivity index (χ4v) is 2.85. The minimum Gasteiger partial charge on any atom is -0.373 e. The summed E-state index contributed by atoms with van der Waals surface area (Å²) in [6, 6.07) is 0. The summed E-state index contributed by atoms with van der Waals surface area (Å²) < 4.78 is 0. The van der Waals surface area contributed by atoms with Gasteiger partial charge in [-0.05, 0) is 32.6 Å². The molecule has 162 valence electrons. The molecule has 0 aromatic carbocycles. The van der Waals surface area contributed by atoms with E-state index < -0.39 is 6.23 Å². The third-order valence-electron chi connectivity index (χ3n) is 4.45. The Morgan fingerprint density at radius 1 is 0.828 bits per heavy atom. The van der Waals surface area contributed by atoms with E-state index in [0.717, 1.165) is 44.9 Å². The van der Waals surface area contributed by atoms with Crippen LogP contribution in [0.3, 0.4) is 0 Å². The normalized spacial score (nSPS) is 15.0. The highest BCUT2D eigenvalue weighted by Gasteiger charge is 2.18. The van der Waals surface area contributed by atoms with Gasteiger partial charge in [0.2, 0.25) is 5.91 Å². The van der Waals surface area contributed by atoms with Crippen molar-refractivity contribution >= 4 is 5.91 Å². The van der Waals surface area contributed by atoms with Crippen molar-refractivity contribution in [2.24, 2.45) is 5.92 Å². The second-order valence-electron chi connectivity index (χ2n) is 7.09. The number of carbonyl (C=O) groups is 1. The van der Waals surface area contributed by atoms with Crippen LogP contribution in [0.5, 0.6) is 0 Å². The van der Waals surface area contributed by atoms with Gasteiger partial charge in [0, 0.05) is 12.0 Å². The molecule has 0 radical (unpaired) electrons. The number of rotatable bonds is 16. The highest BCUT2D eigenvalue weighted by molar-refractivity contribution is 5.87. The molecule has 3 heteroatoms. The van der Waals surface area contributed by atoms with E-state index in [-0.39, 0.29) is 11.8 Å². The van der Waals surface area contributed by atoms with Crippen molar-refractivity contribution in [3.63, 3.8) is 0 Å². The summed E-state index contributed by atoms with van der Waals surface area (Å²) in [6.07, 6.45) is 30.7. The average Bonchev–Trinajstić information content (AvgIpc) is 2.70. The average molecular weight is 400 g/mol. The lowest BCUT2D eigenvalue weighted by Crippen LogP contribution is -2.39. The molecule has 2 N–H and O–H groups in total. The fraction of sp³-hybridized carbons (Fsp3) is 0.500. The zero-order valence-electron chi connectivity index (χ0n) is 18.6. The molecule has 0 saturated carbocycles. The summed E-state index contributed by atoms with van der Waals surface area (Å²) in [7, 11) is 0. The highest BCUT2D eigenvalue weighted by Crippen LogP contribution is 2.18. The topological polar surface area (TPSA) is 49.3 Å². The molecule has 29 heavy (non-hydrogen) atoms. The molecule has 2 atom stereocenters. The van der Waals surface area contributed by atoms with Crippen LogP contribution >= 0.6 is 0 Å². The Hall–Kier alpha value is -2.13. The number of allylic oxidation sites excluding steroid dienone is 11. The van der Waals surface area contributed by atoms with Crippen molar-refractivity contribution < 1.29 is 9.90 Å². The molecule has 0 aliphatic heterocycles. The van der Waals surface area contributed by atoms with Crippen molar-refractivity contribution in [3.8, 4) is 0 Å². The van der Waals surface area contributed by atoms with Crippen LogP contribution in [-0.4, -0.2) is 17.2 Å². The Balaban J connectivity index is 4.10. The van der Waals surface area contributed by atoms with E-state index in [0.29, 0.717) is 0 Å². The number of aliphatic hydroxyl groups is 1. The molecular weight excluding hydrogens is 358 g/mol. The van der Waals surface area contributed by atoms with E-state index in [2.05, 4.69) is 25.2 Å². The van der Waals surface area contributed by atoms with Crippen LogP contribution in [0.25, 0.3) is 0 Å². The minimum atomic E-state index is -0.765. The number of hydrogen-bond donors (Lipinski definition) is 2. The smallest absolute Gasteiger partial charge is 0.245 e. The molecule has 0 heterocycles. The second-order valence-corrected chi connectivity index (χ2v) is 7.09. The number of amides is 1. The molecule has 0 bridgehead atoms. The van der Waals surface area contributed by atoms with Gasteiger partial charge in [-0.3, -0.25) is 4.79 Å². The lowest BCUT2D eigenvalue weighted by atomic mass is 9.94. The van der Waals surface area contributed by atoms with Crippen LogP contribution in [0, 0.1) is 5.92 Å². The van der Waals surface area contributed by atoms with Crippen LogP contribution in [0.2, 0.25) is 0 Å². The number of nitrogens with one attached hydrogen (secondary N) is 1. The van der Waals surface area contributed by atoms with Crippen LogP contribution in [0.4, 0.5) is 0 Å². The quantitative estimate of drug-likeness (QED) is 0.134. The first kappa shape index (κ1) is 26.9. The van der Waals surface area contributed by atoms with Crippen molar-refractivity contribution in [2.45, 2.75) is 78.4 Å². The molecule has 0 rings (SSSR count). The molecular formula is C26H41NO2. The highest BCUT2D eigenvalue weighted by atomic mass is 16.3. The Morgan fingerprint density at radius 3 is 2.07 bits per heavy atom. The van der Waals surface area contributed by atoms with Crippen LogP contribution in [0.1, 0.15) is 72.1 Å².